The molecule has 0 saturated carbocycles. The molecule has 0 radical (unpaired) electrons. The van der Waals surface area contributed by atoms with Gasteiger partial charge in [0.05, 0.1) is 23.9 Å². The van der Waals surface area contributed by atoms with Crippen molar-refractivity contribution in [3.8, 4) is 0 Å². The summed E-state index contributed by atoms with van der Waals surface area (Å²) in [5.74, 6) is 0.865. The first-order valence-corrected chi connectivity index (χ1v) is 9.24. The van der Waals surface area contributed by atoms with Crippen LogP contribution in [0.2, 0.25) is 0 Å². The van der Waals surface area contributed by atoms with Crippen LogP contribution in [0.15, 0.2) is 59.9 Å². The van der Waals surface area contributed by atoms with Gasteiger partial charge in [0, 0.05) is 19.6 Å². The fourth-order valence-corrected chi connectivity index (χ4v) is 2.97. The zero-order chi connectivity index (χ0) is 18.2. The Labute approximate surface area is 155 Å². The van der Waals surface area contributed by atoms with Crippen molar-refractivity contribution in [2.45, 2.75) is 33.4 Å². The summed E-state index contributed by atoms with van der Waals surface area (Å²) in [5, 5.41) is 6.73. The van der Waals surface area contributed by atoms with Crippen LogP contribution in [0.4, 0.5) is 0 Å². The quantitative estimate of drug-likeness (QED) is 0.390. The maximum Gasteiger partial charge on any atom is 0.191 e. The fourth-order valence-electron chi connectivity index (χ4n) is 2.97. The Morgan fingerprint density at radius 2 is 2.00 bits per heavy atom. The third kappa shape index (κ3) is 4.85. The second-order valence-electron chi connectivity index (χ2n) is 6.39. The largest absolute Gasteiger partial charge is 0.357 e. The molecule has 5 nitrogen and oxygen atoms in total. The molecule has 3 rings (SSSR count). The lowest BCUT2D eigenvalue weighted by Gasteiger charge is -2.12. The topological polar surface area (TPSA) is 54.2 Å². The fraction of sp³-hybridized carbons (Fsp3) is 0.333. The predicted molar refractivity (Wildman–Crippen MR) is 108 cm³/mol. The van der Waals surface area contributed by atoms with Crippen LogP contribution >= 0.6 is 0 Å². The van der Waals surface area contributed by atoms with E-state index < -0.39 is 0 Å². The molecule has 0 aliphatic heterocycles. The zero-order valence-corrected chi connectivity index (χ0v) is 15.6. The van der Waals surface area contributed by atoms with Crippen LogP contribution in [0.1, 0.15) is 24.5 Å². The van der Waals surface area contributed by atoms with Crippen LogP contribution in [0.5, 0.6) is 0 Å². The second kappa shape index (κ2) is 9.04. The van der Waals surface area contributed by atoms with Gasteiger partial charge in [-0.25, -0.2) is 9.98 Å². The Morgan fingerprint density at radius 3 is 2.85 bits per heavy atom. The Morgan fingerprint density at radius 1 is 1.12 bits per heavy atom. The number of fused-ring (bicyclic) bond motifs is 1. The van der Waals surface area contributed by atoms with E-state index in [-0.39, 0.29) is 0 Å². The number of imidazole rings is 1. The van der Waals surface area contributed by atoms with Crippen molar-refractivity contribution in [3.05, 3.63) is 66.0 Å². The minimum absolute atomic E-state index is 0.684. The molecule has 0 amide bonds. The van der Waals surface area contributed by atoms with Gasteiger partial charge in [0.1, 0.15) is 0 Å². The highest BCUT2D eigenvalue weighted by Gasteiger charge is 2.02. The van der Waals surface area contributed by atoms with Crippen LogP contribution in [-0.2, 0) is 13.1 Å². The highest BCUT2D eigenvalue weighted by atomic mass is 15.2. The number of nitrogens with zero attached hydrogens (tertiary/aromatic N) is 3. The van der Waals surface area contributed by atoms with Crippen LogP contribution in [0.25, 0.3) is 11.0 Å². The maximum absolute atomic E-state index is 4.68. The number of nitrogens with one attached hydrogen (secondary N) is 2. The van der Waals surface area contributed by atoms with Crippen LogP contribution in [0, 0.1) is 6.92 Å². The van der Waals surface area contributed by atoms with Crippen molar-refractivity contribution >= 4 is 17.0 Å². The summed E-state index contributed by atoms with van der Waals surface area (Å²) in [6, 6.07) is 16.7. The summed E-state index contributed by atoms with van der Waals surface area (Å²) < 4.78 is 2.20. The number of aryl methyl sites for hydroxylation is 2. The molecule has 0 fully saturated rings. The molecule has 26 heavy (non-hydrogen) atoms. The van der Waals surface area contributed by atoms with Gasteiger partial charge in [0.15, 0.2) is 5.96 Å². The van der Waals surface area contributed by atoms with E-state index >= 15 is 0 Å². The summed E-state index contributed by atoms with van der Waals surface area (Å²) in [5.41, 5.74) is 4.73. The molecule has 136 valence electrons. The van der Waals surface area contributed by atoms with E-state index in [9.17, 15) is 0 Å². The number of para-hydroxylation sites is 2. The van der Waals surface area contributed by atoms with Crippen molar-refractivity contribution < 1.29 is 0 Å². The van der Waals surface area contributed by atoms with Gasteiger partial charge in [-0.3, -0.25) is 0 Å². The lowest BCUT2D eigenvalue weighted by Crippen LogP contribution is -2.38. The van der Waals surface area contributed by atoms with Gasteiger partial charge in [-0.05, 0) is 38.0 Å². The van der Waals surface area contributed by atoms with E-state index in [0.717, 1.165) is 37.5 Å². The van der Waals surface area contributed by atoms with Crippen molar-refractivity contribution in [1.82, 2.24) is 20.2 Å². The van der Waals surface area contributed by atoms with E-state index in [1.165, 1.54) is 16.6 Å². The van der Waals surface area contributed by atoms with E-state index in [0.29, 0.717) is 6.54 Å². The van der Waals surface area contributed by atoms with E-state index in [4.69, 9.17) is 0 Å². The first kappa shape index (κ1) is 18.0. The van der Waals surface area contributed by atoms with Gasteiger partial charge < -0.3 is 15.2 Å². The summed E-state index contributed by atoms with van der Waals surface area (Å²) in [6.07, 6.45) is 2.93. The molecule has 2 N–H and O–H groups in total. The van der Waals surface area contributed by atoms with Crippen LogP contribution in [0.3, 0.4) is 0 Å². The summed E-state index contributed by atoms with van der Waals surface area (Å²) in [4.78, 5) is 9.12. The van der Waals surface area contributed by atoms with E-state index in [1.807, 2.05) is 18.5 Å². The lowest BCUT2D eigenvalue weighted by atomic mass is 10.1. The summed E-state index contributed by atoms with van der Waals surface area (Å²) in [6.45, 7) is 7.53. The minimum Gasteiger partial charge on any atom is -0.357 e. The van der Waals surface area contributed by atoms with Gasteiger partial charge >= 0.3 is 0 Å². The van der Waals surface area contributed by atoms with Crippen molar-refractivity contribution in [1.29, 1.82) is 0 Å². The number of aliphatic imine (C=N–C) groups is 1. The summed E-state index contributed by atoms with van der Waals surface area (Å²) in [7, 11) is 0. The van der Waals surface area contributed by atoms with Crippen molar-refractivity contribution in [2.24, 2.45) is 4.99 Å². The SMILES string of the molecule is CCNC(=NCc1cccc(C)c1)NCCCn1cnc2ccccc21. The van der Waals surface area contributed by atoms with Gasteiger partial charge in [-0.15, -0.1) is 0 Å². The monoisotopic (exact) mass is 349 g/mol. The van der Waals surface area contributed by atoms with Crippen LogP contribution in [-0.4, -0.2) is 28.6 Å². The molecular weight excluding hydrogens is 322 g/mol. The molecule has 3 aromatic rings. The third-order valence-corrected chi connectivity index (χ3v) is 4.24. The highest BCUT2D eigenvalue weighted by molar-refractivity contribution is 5.79. The van der Waals surface area contributed by atoms with Crippen molar-refractivity contribution in [2.75, 3.05) is 13.1 Å². The standard InChI is InChI=1S/C21H27N5/c1-3-22-21(24-15-18-9-6-8-17(2)14-18)23-12-7-13-26-16-25-19-10-4-5-11-20(19)26/h4-6,8-11,14,16H,3,7,12-13,15H2,1-2H3,(H2,22,23,24). The molecule has 0 aliphatic rings. The molecule has 0 spiro atoms. The zero-order valence-electron chi connectivity index (χ0n) is 15.6. The van der Waals surface area contributed by atoms with Crippen molar-refractivity contribution in [3.63, 3.8) is 0 Å². The smallest absolute Gasteiger partial charge is 0.191 e. The first-order chi connectivity index (χ1) is 12.8. The Hall–Kier alpha value is -2.82. The summed E-state index contributed by atoms with van der Waals surface area (Å²) >= 11 is 0. The minimum atomic E-state index is 0.684. The Bertz CT molecular complexity index is 865. The lowest BCUT2D eigenvalue weighted by molar-refractivity contribution is 0.637. The predicted octanol–water partition coefficient (Wildman–Crippen LogP) is 3.49. The number of hydrogen-bond donors (Lipinski definition) is 2. The molecule has 1 heterocycles. The maximum atomic E-state index is 4.68. The van der Waals surface area contributed by atoms with E-state index in [1.54, 1.807) is 0 Å². The third-order valence-electron chi connectivity index (χ3n) is 4.24. The number of rotatable bonds is 7. The molecular formula is C21H27N5. The van der Waals surface area contributed by atoms with Gasteiger partial charge in [0.2, 0.25) is 0 Å². The van der Waals surface area contributed by atoms with Gasteiger partial charge in [-0.1, -0.05) is 42.0 Å². The molecule has 0 saturated heterocycles. The molecule has 2 aromatic carbocycles. The molecule has 0 unspecified atom stereocenters. The molecule has 5 heteroatoms. The first-order valence-electron chi connectivity index (χ1n) is 9.24. The normalized spacial score (nSPS) is 11.7. The average molecular weight is 349 g/mol. The molecule has 1 aromatic heterocycles. The number of benzene rings is 2. The Balaban J connectivity index is 1.51. The molecule has 0 aliphatic carbocycles. The van der Waals surface area contributed by atoms with Crippen LogP contribution < -0.4 is 10.6 Å². The molecule has 0 bridgehead atoms. The number of guanidine groups is 1. The second-order valence-corrected chi connectivity index (χ2v) is 6.39. The van der Waals surface area contributed by atoms with E-state index in [2.05, 4.69) is 75.4 Å². The number of hydrogen-bond acceptors (Lipinski definition) is 2. The average Bonchev–Trinajstić information content (AvgIpc) is 3.06. The Kier molecular flexibility index (Phi) is 6.25. The highest BCUT2D eigenvalue weighted by Crippen LogP contribution is 2.11. The van der Waals surface area contributed by atoms with Gasteiger partial charge in [0.25, 0.3) is 0 Å². The number of aromatic nitrogens is 2. The molecule has 0 atom stereocenters. The van der Waals surface area contributed by atoms with Gasteiger partial charge in [-0.2, -0.15) is 0 Å².